The number of hydrogen-bond acceptors (Lipinski definition) is 2. The van der Waals surface area contributed by atoms with Crippen LogP contribution in [0.25, 0.3) is 11.1 Å². The van der Waals surface area contributed by atoms with E-state index in [4.69, 9.17) is 16.3 Å². The number of halogens is 6. The minimum Gasteiger partial charge on any atom is -0.473 e. The highest BCUT2D eigenvalue weighted by Gasteiger charge is 2.45. The second-order valence-electron chi connectivity index (χ2n) is 7.93. The third-order valence-corrected chi connectivity index (χ3v) is 6.13. The lowest BCUT2D eigenvalue weighted by molar-refractivity contribution is -0.137. The third-order valence-electron chi connectivity index (χ3n) is 5.89. The van der Waals surface area contributed by atoms with E-state index in [1.165, 1.54) is 18.1 Å². The van der Waals surface area contributed by atoms with E-state index in [1.54, 1.807) is 12.3 Å². The van der Waals surface area contributed by atoms with Gasteiger partial charge in [-0.2, -0.15) is 13.2 Å². The van der Waals surface area contributed by atoms with Gasteiger partial charge in [0.05, 0.1) is 5.56 Å². The summed E-state index contributed by atoms with van der Waals surface area (Å²) in [5, 5.41) is 0.0424. The lowest BCUT2D eigenvalue weighted by atomic mass is 9.96. The number of rotatable bonds is 4. The van der Waals surface area contributed by atoms with E-state index in [0.717, 1.165) is 30.2 Å². The highest BCUT2D eigenvalue weighted by atomic mass is 35.5. The number of pyridine rings is 1. The molecule has 0 amide bonds. The van der Waals surface area contributed by atoms with Crippen LogP contribution < -0.4 is 4.74 Å². The maximum absolute atomic E-state index is 14.5. The van der Waals surface area contributed by atoms with Crippen LogP contribution >= 0.6 is 11.6 Å². The van der Waals surface area contributed by atoms with Gasteiger partial charge in [0.2, 0.25) is 5.88 Å². The molecule has 160 valence electrons. The van der Waals surface area contributed by atoms with E-state index in [9.17, 15) is 22.0 Å². The Morgan fingerprint density at radius 1 is 1.03 bits per heavy atom. The molecule has 2 atom stereocenters. The molecule has 2 aliphatic rings. The Morgan fingerprint density at radius 3 is 2.58 bits per heavy atom. The van der Waals surface area contributed by atoms with Crippen LogP contribution in [0.15, 0.2) is 42.6 Å². The summed E-state index contributed by atoms with van der Waals surface area (Å²) in [5.74, 6) is -0.515. The van der Waals surface area contributed by atoms with Crippen molar-refractivity contribution < 1.29 is 26.7 Å². The van der Waals surface area contributed by atoms with Gasteiger partial charge in [0.15, 0.2) is 0 Å². The first kappa shape index (κ1) is 20.2. The van der Waals surface area contributed by atoms with Gasteiger partial charge in [-0.25, -0.2) is 13.8 Å². The molecule has 2 aliphatic carbocycles. The number of aromatic nitrogens is 1. The number of fused-ring (bicyclic) bond motifs is 3. The lowest BCUT2D eigenvalue weighted by Gasteiger charge is -2.17. The fourth-order valence-electron chi connectivity index (χ4n) is 4.26. The summed E-state index contributed by atoms with van der Waals surface area (Å²) in [4.78, 5) is 4.23. The molecule has 2 nitrogen and oxygen atoms in total. The molecule has 0 bridgehead atoms. The molecule has 0 N–H and O–H groups in total. The molecule has 1 heterocycles. The van der Waals surface area contributed by atoms with Crippen LogP contribution in [0.1, 0.15) is 34.6 Å². The zero-order valence-electron chi connectivity index (χ0n) is 15.9. The summed E-state index contributed by atoms with van der Waals surface area (Å²) in [7, 11) is 0. The maximum atomic E-state index is 14.5. The molecule has 0 spiro atoms. The second kappa shape index (κ2) is 7.19. The molecule has 1 aromatic heterocycles. The molecular formula is C23H15ClF5NO. The fourth-order valence-corrected chi connectivity index (χ4v) is 4.42. The molecule has 5 rings (SSSR count). The summed E-state index contributed by atoms with van der Waals surface area (Å²) in [5.41, 5.74) is 0.130. The van der Waals surface area contributed by atoms with Crippen molar-refractivity contribution in [1.29, 1.82) is 0 Å². The minimum atomic E-state index is -4.87. The first-order valence-corrected chi connectivity index (χ1v) is 10.0. The Labute approximate surface area is 179 Å². The van der Waals surface area contributed by atoms with Crippen molar-refractivity contribution >= 4 is 11.6 Å². The summed E-state index contributed by atoms with van der Waals surface area (Å²) >= 11 is 5.71. The van der Waals surface area contributed by atoms with Gasteiger partial charge in [-0.05, 0) is 71.7 Å². The lowest BCUT2D eigenvalue weighted by Crippen LogP contribution is -2.11. The Hall–Kier alpha value is -2.67. The molecule has 0 saturated heterocycles. The molecule has 8 heteroatoms. The Kier molecular flexibility index (Phi) is 4.70. The molecule has 3 aromatic rings. The van der Waals surface area contributed by atoms with Gasteiger partial charge in [-0.1, -0.05) is 11.6 Å². The monoisotopic (exact) mass is 451 g/mol. The summed E-state index contributed by atoms with van der Waals surface area (Å²) < 4.78 is 75.0. The predicted molar refractivity (Wildman–Crippen MR) is 105 cm³/mol. The quantitative estimate of drug-likeness (QED) is 0.401. The van der Waals surface area contributed by atoms with E-state index in [1.807, 2.05) is 0 Å². The van der Waals surface area contributed by atoms with Gasteiger partial charge in [0.1, 0.15) is 18.2 Å². The molecule has 2 unspecified atom stereocenters. The van der Waals surface area contributed by atoms with Crippen LogP contribution in [0.3, 0.4) is 0 Å². The van der Waals surface area contributed by atoms with Gasteiger partial charge in [0, 0.05) is 28.4 Å². The molecule has 2 aromatic carbocycles. The van der Waals surface area contributed by atoms with Crippen molar-refractivity contribution in [2.45, 2.75) is 31.5 Å². The Morgan fingerprint density at radius 2 is 1.84 bits per heavy atom. The summed E-state index contributed by atoms with van der Waals surface area (Å²) in [6.45, 7) is -0.342. The number of hydrogen-bond donors (Lipinski definition) is 0. The number of benzene rings is 2. The van der Waals surface area contributed by atoms with E-state index in [0.29, 0.717) is 17.9 Å². The van der Waals surface area contributed by atoms with Gasteiger partial charge in [-0.3, -0.25) is 0 Å². The predicted octanol–water partition coefficient (Wildman–Crippen LogP) is 6.94. The molecular weight excluding hydrogens is 437 g/mol. The van der Waals surface area contributed by atoms with Crippen molar-refractivity contribution in [1.82, 2.24) is 4.98 Å². The van der Waals surface area contributed by atoms with Gasteiger partial charge >= 0.3 is 6.18 Å². The van der Waals surface area contributed by atoms with Crippen molar-refractivity contribution in [2.24, 2.45) is 5.92 Å². The molecule has 1 fully saturated rings. The Bertz CT molecular complexity index is 1190. The first-order valence-electron chi connectivity index (χ1n) is 9.67. The zero-order valence-corrected chi connectivity index (χ0v) is 16.7. The van der Waals surface area contributed by atoms with Crippen molar-refractivity contribution in [3.05, 3.63) is 81.5 Å². The van der Waals surface area contributed by atoms with Gasteiger partial charge in [0.25, 0.3) is 0 Å². The van der Waals surface area contributed by atoms with E-state index in [2.05, 4.69) is 4.98 Å². The van der Waals surface area contributed by atoms with Crippen molar-refractivity contribution in [2.75, 3.05) is 0 Å². The molecule has 31 heavy (non-hydrogen) atoms. The average molecular weight is 452 g/mol. The average Bonchev–Trinajstić information content (AvgIpc) is 3.37. The van der Waals surface area contributed by atoms with Gasteiger partial charge in [-0.15, -0.1) is 0 Å². The van der Waals surface area contributed by atoms with E-state index >= 15 is 0 Å². The SMILES string of the molecule is Fc1cc(C(F)(F)F)c(-c2ccc(Cl)cc2F)cc1COc1cc2c(cn1)C1CC1C2. The van der Waals surface area contributed by atoms with E-state index in [-0.39, 0.29) is 28.6 Å². The van der Waals surface area contributed by atoms with E-state index < -0.39 is 28.9 Å². The number of nitrogens with zero attached hydrogens (tertiary/aromatic N) is 1. The second-order valence-corrected chi connectivity index (χ2v) is 8.36. The summed E-state index contributed by atoms with van der Waals surface area (Å²) in [6, 6.07) is 6.45. The standard InChI is InChI=1S/C23H15ClF5NO/c24-14-1-2-15(21(26)7-14)17-5-13(20(25)8-19(17)23(27,28)29)10-31-22-6-12-3-11-4-16(11)18(12)9-30-22/h1-2,5-9,11,16H,3-4,10H2. The van der Waals surface area contributed by atoms with Crippen molar-refractivity contribution in [3.63, 3.8) is 0 Å². The Balaban J connectivity index is 1.47. The minimum absolute atomic E-state index is 0.0424. The van der Waals surface area contributed by atoms with Crippen molar-refractivity contribution in [3.8, 4) is 17.0 Å². The maximum Gasteiger partial charge on any atom is 0.417 e. The van der Waals surface area contributed by atoms with Crippen LogP contribution in [0.2, 0.25) is 5.02 Å². The highest BCUT2D eigenvalue weighted by Crippen LogP contribution is 2.56. The van der Waals surface area contributed by atoms with Crippen LogP contribution in [0.4, 0.5) is 22.0 Å². The molecule has 1 saturated carbocycles. The molecule has 0 aliphatic heterocycles. The fraction of sp³-hybridized carbons (Fsp3) is 0.261. The largest absolute Gasteiger partial charge is 0.473 e. The number of alkyl halides is 3. The third kappa shape index (κ3) is 3.76. The highest BCUT2D eigenvalue weighted by molar-refractivity contribution is 6.30. The molecule has 0 radical (unpaired) electrons. The van der Waals surface area contributed by atoms with Crippen LogP contribution in [0.5, 0.6) is 5.88 Å². The topological polar surface area (TPSA) is 22.1 Å². The number of ether oxygens (including phenoxy) is 1. The van der Waals surface area contributed by atoms with Crippen LogP contribution in [-0.4, -0.2) is 4.98 Å². The smallest absolute Gasteiger partial charge is 0.417 e. The van der Waals surface area contributed by atoms with Crippen LogP contribution in [-0.2, 0) is 19.2 Å². The summed E-state index contributed by atoms with van der Waals surface area (Å²) in [6.07, 6.45) is -0.993. The first-order chi connectivity index (χ1) is 14.7. The van der Waals surface area contributed by atoms with Gasteiger partial charge < -0.3 is 4.74 Å². The van der Waals surface area contributed by atoms with Crippen LogP contribution in [0, 0.1) is 17.6 Å². The normalized spacial score (nSPS) is 19.2. The zero-order chi connectivity index (χ0) is 21.9.